The molecule has 0 amide bonds. The number of alkyl halides is 3. The van der Waals surface area contributed by atoms with Crippen molar-refractivity contribution >= 4 is 23.0 Å². The Hall–Kier alpha value is -1.95. The average molecular weight is 315 g/mol. The number of benzene rings is 1. The molecule has 0 fully saturated rings. The van der Waals surface area contributed by atoms with Crippen molar-refractivity contribution in [1.29, 1.82) is 0 Å². The quantitative estimate of drug-likeness (QED) is 0.708. The molecule has 108 valence electrons. The van der Waals surface area contributed by atoms with Gasteiger partial charge in [-0.2, -0.15) is 13.2 Å². The van der Waals surface area contributed by atoms with Gasteiger partial charge in [0.25, 0.3) is 0 Å². The molecule has 0 saturated heterocycles. The molecule has 1 aromatic heterocycles. The van der Waals surface area contributed by atoms with Gasteiger partial charge in [0.05, 0.1) is 16.3 Å². The first-order valence-corrected chi connectivity index (χ1v) is 6.31. The van der Waals surface area contributed by atoms with Crippen LogP contribution in [-0.2, 0) is 12.6 Å². The third-order valence-corrected chi connectivity index (χ3v) is 3.49. The van der Waals surface area contributed by atoms with Crippen LogP contribution in [-0.4, -0.2) is 10.7 Å². The maximum atomic E-state index is 14.0. The highest BCUT2D eigenvalue weighted by molar-refractivity contribution is 6.34. The van der Waals surface area contributed by atoms with Crippen molar-refractivity contribution in [1.82, 2.24) is 4.98 Å². The summed E-state index contributed by atoms with van der Waals surface area (Å²) in [7, 11) is 0. The third kappa shape index (κ3) is 2.40. The summed E-state index contributed by atoms with van der Waals surface area (Å²) in [5.74, 6) is -1.35. The van der Waals surface area contributed by atoms with Gasteiger partial charge >= 0.3 is 6.18 Å². The van der Waals surface area contributed by atoms with E-state index in [1.165, 1.54) is 18.5 Å². The van der Waals surface area contributed by atoms with E-state index in [4.69, 9.17) is 11.6 Å². The standard InChI is InChI=1S/C14H7ClF4N2/c15-10-6-20-4-3-8(10)11-5-7-1-2-9(14(17,18)19)12(16)13(7)21-11/h1-4,6H,5H2. The van der Waals surface area contributed by atoms with Gasteiger partial charge < -0.3 is 0 Å². The minimum atomic E-state index is -4.74. The van der Waals surface area contributed by atoms with E-state index in [0.717, 1.165) is 6.07 Å². The van der Waals surface area contributed by atoms with Crippen LogP contribution in [0.25, 0.3) is 0 Å². The van der Waals surface area contributed by atoms with Crippen LogP contribution in [0.5, 0.6) is 0 Å². The summed E-state index contributed by atoms with van der Waals surface area (Å²) < 4.78 is 52.0. The Balaban J connectivity index is 2.10. The van der Waals surface area contributed by atoms with Crippen LogP contribution in [0.2, 0.25) is 5.02 Å². The highest BCUT2D eigenvalue weighted by Crippen LogP contribution is 2.40. The van der Waals surface area contributed by atoms with Crippen molar-refractivity contribution < 1.29 is 17.6 Å². The fourth-order valence-corrected chi connectivity index (χ4v) is 2.43. The Kier molecular flexibility index (Phi) is 3.20. The molecule has 7 heteroatoms. The van der Waals surface area contributed by atoms with E-state index >= 15 is 0 Å². The zero-order valence-corrected chi connectivity index (χ0v) is 11.1. The molecule has 0 N–H and O–H groups in total. The molecule has 0 unspecified atom stereocenters. The van der Waals surface area contributed by atoms with Crippen molar-refractivity contribution in [3.05, 3.63) is 58.1 Å². The van der Waals surface area contributed by atoms with E-state index in [0.29, 0.717) is 21.9 Å². The van der Waals surface area contributed by atoms with Gasteiger partial charge in [-0.05, 0) is 17.7 Å². The monoisotopic (exact) mass is 314 g/mol. The summed E-state index contributed by atoms with van der Waals surface area (Å²) in [5, 5.41) is 0.320. The second kappa shape index (κ2) is 4.80. The minimum Gasteiger partial charge on any atom is -0.263 e. The molecule has 1 aliphatic heterocycles. The van der Waals surface area contributed by atoms with Gasteiger partial charge in [0.15, 0.2) is 5.82 Å². The lowest BCUT2D eigenvalue weighted by Gasteiger charge is -2.09. The smallest absolute Gasteiger partial charge is 0.263 e. The molecule has 0 aliphatic carbocycles. The summed E-state index contributed by atoms with van der Waals surface area (Å²) in [4.78, 5) is 7.81. The van der Waals surface area contributed by atoms with Crippen LogP contribution in [0.15, 0.2) is 35.6 Å². The van der Waals surface area contributed by atoms with Gasteiger partial charge in [0, 0.05) is 24.4 Å². The fraction of sp³-hybridized carbons (Fsp3) is 0.143. The van der Waals surface area contributed by atoms with E-state index in [1.54, 1.807) is 6.07 Å². The van der Waals surface area contributed by atoms with Gasteiger partial charge in [-0.25, -0.2) is 9.38 Å². The highest BCUT2D eigenvalue weighted by Gasteiger charge is 2.36. The average Bonchev–Trinajstić information content (AvgIpc) is 2.83. The topological polar surface area (TPSA) is 25.2 Å². The van der Waals surface area contributed by atoms with Crippen LogP contribution in [0, 0.1) is 5.82 Å². The second-order valence-electron chi connectivity index (χ2n) is 4.52. The molecule has 21 heavy (non-hydrogen) atoms. The normalized spacial score (nSPS) is 14.0. The van der Waals surface area contributed by atoms with E-state index in [2.05, 4.69) is 9.98 Å². The molecule has 0 atom stereocenters. The molecule has 0 spiro atoms. The van der Waals surface area contributed by atoms with Crippen molar-refractivity contribution in [2.45, 2.75) is 12.6 Å². The zero-order valence-electron chi connectivity index (χ0n) is 10.4. The number of aliphatic imine (C=N–C) groups is 1. The van der Waals surface area contributed by atoms with Gasteiger partial charge in [-0.15, -0.1) is 0 Å². The fourth-order valence-electron chi connectivity index (χ4n) is 2.21. The van der Waals surface area contributed by atoms with Gasteiger partial charge in [0.2, 0.25) is 0 Å². The summed E-state index contributed by atoms with van der Waals surface area (Å²) in [6.07, 6.45) is -1.62. The Labute approximate surface area is 122 Å². The first kappa shape index (κ1) is 14.0. The molecule has 1 aromatic carbocycles. The summed E-state index contributed by atoms with van der Waals surface area (Å²) in [6, 6.07) is 3.57. The summed E-state index contributed by atoms with van der Waals surface area (Å²) in [6.45, 7) is 0. The van der Waals surface area contributed by atoms with Crippen LogP contribution in [0.3, 0.4) is 0 Å². The zero-order chi connectivity index (χ0) is 15.2. The maximum absolute atomic E-state index is 14.0. The van der Waals surface area contributed by atoms with Crippen molar-refractivity contribution in [3.8, 4) is 0 Å². The molecular weight excluding hydrogens is 308 g/mol. The molecule has 2 aromatic rings. The van der Waals surface area contributed by atoms with Crippen LogP contribution in [0.1, 0.15) is 16.7 Å². The Morgan fingerprint density at radius 3 is 2.57 bits per heavy atom. The number of pyridine rings is 1. The number of fused-ring (bicyclic) bond motifs is 1. The summed E-state index contributed by atoms with van der Waals surface area (Å²) >= 11 is 5.97. The predicted octanol–water partition coefficient (Wildman–Crippen LogP) is 4.57. The molecule has 3 rings (SSSR count). The number of rotatable bonds is 1. The molecule has 1 aliphatic rings. The number of halogens is 5. The lowest BCUT2D eigenvalue weighted by atomic mass is 10.0. The third-order valence-electron chi connectivity index (χ3n) is 3.19. The number of hydrogen-bond donors (Lipinski definition) is 0. The number of aromatic nitrogens is 1. The van der Waals surface area contributed by atoms with Crippen molar-refractivity contribution in [2.75, 3.05) is 0 Å². The molecule has 2 nitrogen and oxygen atoms in total. The van der Waals surface area contributed by atoms with Gasteiger partial charge in [0.1, 0.15) is 5.69 Å². The van der Waals surface area contributed by atoms with E-state index < -0.39 is 17.6 Å². The minimum absolute atomic E-state index is 0.230. The summed E-state index contributed by atoms with van der Waals surface area (Å²) in [5.41, 5.74) is -0.213. The van der Waals surface area contributed by atoms with E-state index in [-0.39, 0.29) is 12.1 Å². The van der Waals surface area contributed by atoms with E-state index in [9.17, 15) is 17.6 Å². The maximum Gasteiger partial charge on any atom is 0.419 e. The van der Waals surface area contributed by atoms with Gasteiger partial charge in [-0.1, -0.05) is 17.7 Å². The predicted molar refractivity (Wildman–Crippen MR) is 70.6 cm³/mol. The lowest BCUT2D eigenvalue weighted by Crippen LogP contribution is -2.08. The van der Waals surface area contributed by atoms with Crippen LogP contribution in [0.4, 0.5) is 23.2 Å². The molecule has 0 bridgehead atoms. The molecule has 0 saturated carbocycles. The Morgan fingerprint density at radius 2 is 1.90 bits per heavy atom. The Bertz CT molecular complexity index is 753. The first-order chi connectivity index (χ1) is 9.88. The first-order valence-electron chi connectivity index (χ1n) is 5.94. The van der Waals surface area contributed by atoms with E-state index in [1.807, 2.05) is 0 Å². The highest BCUT2D eigenvalue weighted by atomic mass is 35.5. The lowest BCUT2D eigenvalue weighted by molar-refractivity contribution is -0.139. The van der Waals surface area contributed by atoms with Crippen molar-refractivity contribution in [2.24, 2.45) is 4.99 Å². The second-order valence-corrected chi connectivity index (χ2v) is 4.93. The Morgan fingerprint density at radius 1 is 1.14 bits per heavy atom. The largest absolute Gasteiger partial charge is 0.419 e. The van der Waals surface area contributed by atoms with Crippen LogP contribution < -0.4 is 0 Å². The molecule has 2 heterocycles. The number of hydrogen-bond acceptors (Lipinski definition) is 2. The van der Waals surface area contributed by atoms with Crippen molar-refractivity contribution in [3.63, 3.8) is 0 Å². The van der Waals surface area contributed by atoms with Crippen LogP contribution >= 0.6 is 11.6 Å². The molecule has 0 radical (unpaired) electrons. The number of nitrogens with zero attached hydrogens (tertiary/aromatic N) is 2. The molecular formula is C14H7ClF4N2. The SMILES string of the molecule is Fc1c(C(F)(F)F)ccc2c1N=C(c1ccncc1Cl)C2. The van der Waals surface area contributed by atoms with Gasteiger partial charge in [-0.3, -0.25) is 4.98 Å².